The summed E-state index contributed by atoms with van der Waals surface area (Å²) in [5, 5.41) is 0. The summed E-state index contributed by atoms with van der Waals surface area (Å²) in [6.45, 7) is 2.66. The van der Waals surface area contributed by atoms with Gasteiger partial charge in [0.2, 0.25) is 5.91 Å². The molecule has 0 unspecified atom stereocenters. The van der Waals surface area contributed by atoms with Crippen molar-refractivity contribution in [2.45, 2.75) is 23.5 Å². The molecule has 0 N–H and O–H groups in total. The van der Waals surface area contributed by atoms with Crippen molar-refractivity contribution in [3.63, 3.8) is 0 Å². The Bertz CT molecular complexity index is 459. The Morgan fingerprint density at radius 3 is 2.75 bits per heavy atom. The fourth-order valence-electron chi connectivity index (χ4n) is 2.69. The maximum Gasteiger partial charge on any atom is 0.233 e. The molecule has 1 spiro atoms. The van der Waals surface area contributed by atoms with Gasteiger partial charge in [-0.15, -0.1) is 11.8 Å². The Hall–Kier alpha value is -1.04. The van der Waals surface area contributed by atoms with E-state index in [-0.39, 0.29) is 5.91 Å². The van der Waals surface area contributed by atoms with Crippen LogP contribution in [-0.4, -0.2) is 48.7 Å². The number of nitrogens with zero attached hydrogens (tertiary/aromatic N) is 1. The Labute approximate surface area is 123 Å². The smallest absolute Gasteiger partial charge is 0.233 e. The van der Waals surface area contributed by atoms with Crippen molar-refractivity contribution >= 4 is 17.7 Å². The van der Waals surface area contributed by atoms with Gasteiger partial charge in [-0.2, -0.15) is 0 Å². The van der Waals surface area contributed by atoms with Crippen LogP contribution in [-0.2, 0) is 14.3 Å². The van der Waals surface area contributed by atoms with Gasteiger partial charge in [0.1, 0.15) is 0 Å². The Morgan fingerprint density at radius 2 is 2.00 bits per heavy atom. The molecule has 0 atom stereocenters. The predicted molar refractivity (Wildman–Crippen MR) is 77.6 cm³/mol. The summed E-state index contributed by atoms with van der Waals surface area (Å²) in [6, 6.07) is 10.0. The highest BCUT2D eigenvalue weighted by molar-refractivity contribution is 8.00. The third-order valence-electron chi connectivity index (χ3n) is 3.69. The van der Waals surface area contributed by atoms with E-state index in [4.69, 9.17) is 9.47 Å². The number of carbonyl (C=O) groups is 1. The van der Waals surface area contributed by atoms with E-state index < -0.39 is 5.79 Å². The molecule has 2 saturated heterocycles. The van der Waals surface area contributed by atoms with Gasteiger partial charge in [-0.25, -0.2) is 0 Å². The second-order valence-corrected chi connectivity index (χ2v) is 6.18. The first-order valence-electron chi connectivity index (χ1n) is 7.01. The van der Waals surface area contributed by atoms with Crippen molar-refractivity contribution < 1.29 is 14.3 Å². The zero-order chi connectivity index (χ0) is 13.8. The largest absolute Gasteiger partial charge is 0.346 e. The van der Waals surface area contributed by atoms with Crippen molar-refractivity contribution in [1.29, 1.82) is 0 Å². The molecule has 2 aliphatic rings. The average Bonchev–Trinajstić information content (AvgIpc) is 2.93. The molecular weight excluding hydrogens is 274 g/mol. The fourth-order valence-corrected chi connectivity index (χ4v) is 3.51. The lowest BCUT2D eigenvalue weighted by molar-refractivity contribution is -0.192. The van der Waals surface area contributed by atoms with Crippen LogP contribution in [0.4, 0.5) is 0 Å². The quantitative estimate of drug-likeness (QED) is 0.801. The van der Waals surface area contributed by atoms with Gasteiger partial charge < -0.3 is 14.4 Å². The summed E-state index contributed by atoms with van der Waals surface area (Å²) in [5.74, 6) is 0.114. The maximum absolute atomic E-state index is 12.3. The van der Waals surface area contributed by atoms with E-state index in [1.54, 1.807) is 11.8 Å². The molecule has 2 heterocycles. The van der Waals surface area contributed by atoms with E-state index in [1.165, 1.54) is 0 Å². The van der Waals surface area contributed by atoms with Gasteiger partial charge >= 0.3 is 0 Å². The van der Waals surface area contributed by atoms with Crippen molar-refractivity contribution in [1.82, 2.24) is 4.90 Å². The Balaban J connectivity index is 1.54. The van der Waals surface area contributed by atoms with E-state index in [2.05, 4.69) is 0 Å². The van der Waals surface area contributed by atoms with Crippen molar-refractivity contribution in [3.05, 3.63) is 30.3 Å². The maximum atomic E-state index is 12.3. The number of carbonyl (C=O) groups excluding carboxylic acids is 1. The third kappa shape index (κ3) is 3.16. The predicted octanol–water partition coefficient (Wildman–Crippen LogP) is 2.14. The number of ether oxygens (including phenoxy) is 2. The lowest BCUT2D eigenvalue weighted by Gasteiger charge is -2.38. The summed E-state index contributed by atoms with van der Waals surface area (Å²) in [4.78, 5) is 15.3. The SMILES string of the molecule is O=C(CSc1ccccc1)N1CCCC2(C1)OCCO2. The number of rotatable bonds is 3. The zero-order valence-corrected chi connectivity index (χ0v) is 12.2. The number of hydrogen-bond donors (Lipinski definition) is 0. The highest BCUT2D eigenvalue weighted by Gasteiger charge is 2.41. The molecule has 0 aromatic heterocycles. The summed E-state index contributed by atoms with van der Waals surface area (Å²) in [7, 11) is 0. The first-order valence-corrected chi connectivity index (χ1v) is 8.00. The van der Waals surface area contributed by atoms with E-state index in [9.17, 15) is 4.79 Å². The van der Waals surface area contributed by atoms with Crippen LogP contribution in [0.25, 0.3) is 0 Å². The topological polar surface area (TPSA) is 38.8 Å². The van der Waals surface area contributed by atoms with Gasteiger partial charge in [0, 0.05) is 17.9 Å². The molecule has 0 aliphatic carbocycles. The molecule has 2 aliphatic heterocycles. The van der Waals surface area contributed by atoms with Gasteiger partial charge in [0.05, 0.1) is 25.5 Å². The Kier molecular flexibility index (Phi) is 4.29. The third-order valence-corrected chi connectivity index (χ3v) is 4.69. The van der Waals surface area contributed by atoms with Crippen LogP contribution in [0.5, 0.6) is 0 Å². The van der Waals surface area contributed by atoms with Gasteiger partial charge in [0.25, 0.3) is 0 Å². The van der Waals surface area contributed by atoms with Crippen LogP contribution in [0.3, 0.4) is 0 Å². The molecule has 0 bridgehead atoms. The zero-order valence-electron chi connectivity index (χ0n) is 11.4. The lowest BCUT2D eigenvalue weighted by atomic mass is 10.0. The molecular formula is C15H19NO3S. The lowest BCUT2D eigenvalue weighted by Crippen LogP contribution is -2.51. The van der Waals surface area contributed by atoms with Crippen LogP contribution in [0.2, 0.25) is 0 Å². The van der Waals surface area contributed by atoms with Crippen LogP contribution in [0, 0.1) is 0 Å². The standard InChI is InChI=1S/C15H19NO3S/c17-14(11-20-13-5-2-1-3-6-13)16-8-4-7-15(12-16)18-9-10-19-15/h1-3,5-6H,4,7-12H2. The average molecular weight is 293 g/mol. The molecule has 5 heteroatoms. The van der Waals surface area contributed by atoms with E-state index in [0.29, 0.717) is 25.5 Å². The molecule has 1 aromatic rings. The van der Waals surface area contributed by atoms with Crippen LogP contribution < -0.4 is 0 Å². The Morgan fingerprint density at radius 1 is 1.25 bits per heavy atom. The normalized spacial score (nSPS) is 21.3. The van der Waals surface area contributed by atoms with Gasteiger partial charge in [-0.05, 0) is 18.6 Å². The number of benzene rings is 1. The number of thioether (sulfide) groups is 1. The first-order chi connectivity index (χ1) is 9.77. The molecule has 4 nitrogen and oxygen atoms in total. The summed E-state index contributed by atoms with van der Waals surface area (Å²) >= 11 is 1.58. The second kappa shape index (κ2) is 6.16. The van der Waals surface area contributed by atoms with Crippen LogP contribution >= 0.6 is 11.8 Å². The summed E-state index contributed by atoms with van der Waals surface area (Å²) in [6.07, 6.45) is 1.84. The van der Waals surface area contributed by atoms with Crippen molar-refractivity contribution in [3.8, 4) is 0 Å². The number of amides is 1. The van der Waals surface area contributed by atoms with Crippen LogP contribution in [0.15, 0.2) is 35.2 Å². The summed E-state index contributed by atoms with van der Waals surface area (Å²) in [5.41, 5.74) is 0. The summed E-state index contributed by atoms with van der Waals surface area (Å²) < 4.78 is 11.4. The number of piperidine rings is 1. The minimum absolute atomic E-state index is 0.164. The van der Waals surface area contributed by atoms with E-state index in [1.807, 2.05) is 35.2 Å². The minimum Gasteiger partial charge on any atom is -0.346 e. The van der Waals surface area contributed by atoms with Crippen molar-refractivity contribution in [2.75, 3.05) is 32.1 Å². The molecule has 2 fully saturated rings. The van der Waals surface area contributed by atoms with Crippen molar-refractivity contribution in [2.24, 2.45) is 0 Å². The van der Waals surface area contributed by atoms with Gasteiger partial charge in [0.15, 0.2) is 5.79 Å². The van der Waals surface area contributed by atoms with Gasteiger partial charge in [-0.3, -0.25) is 4.79 Å². The number of likely N-dealkylation sites (tertiary alicyclic amines) is 1. The molecule has 108 valence electrons. The highest BCUT2D eigenvalue weighted by atomic mass is 32.2. The second-order valence-electron chi connectivity index (χ2n) is 5.13. The number of hydrogen-bond acceptors (Lipinski definition) is 4. The van der Waals surface area contributed by atoms with E-state index in [0.717, 1.165) is 24.3 Å². The monoisotopic (exact) mass is 293 g/mol. The highest BCUT2D eigenvalue weighted by Crippen LogP contribution is 2.30. The van der Waals surface area contributed by atoms with E-state index >= 15 is 0 Å². The molecule has 0 radical (unpaired) electrons. The first kappa shape index (κ1) is 13.9. The minimum atomic E-state index is -0.522. The molecule has 3 rings (SSSR count). The molecule has 20 heavy (non-hydrogen) atoms. The van der Waals surface area contributed by atoms with Gasteiger partial charge in [-0.1, -0.05) is 18.2 Å². The molecule has 1 amide bonds. The molecule has 0 saturated carbocycles. The van der Waals surface area contributed by atoms with Crippen LogP contribution in [0.1, 0.15) is 12.8 Å². The fraction of sp³-hybridized carbons (Fsp3) is 0.533. The molecule has 1 aromatic carbocycles.